The van der Waals surface area contributed by atoms with Gasteiger partial charge in [0.25, 0.3) is 0 Å². The van der Waals surface area contributed by atoms with Gasteiger partial charge in [-0.1, -0.05) is 44.6 Å². The average molecular weight is 306 g/mol. The minimum Gasteiger partial charge on any atom is -0.291 e. The topological polar surface area (TPSA) is 60.2 Å². The van der Waals surface area contributed by atoms with E-state index >= 15 is 0 Å². The van der Waals surface area contributed by atoms with E-state index in [1.54, 1.807) is 6.08 Å². The summed E-state index contributed by atoms with van der Waals surface area (Å²) in [6, 6.07) is -0.691. The summed E-state index contributed by atoms with van der Waals surface area (Å²) in [5.41, 5.74) is 0. The predicted octanol–water partition coefficient (Wildman–Crippen LogP) is 4.61. The Morgan fingerprint density at radius 1 is 1.05 bits per heavy atom. The average Bonchev–Trinajstić information content (AvgIpc) is 2.50. The van der Waals surface area contributed by atoms with Gasteiger partial charge in [-0.15, -0.1) is 5.92 Å². The Balaban J connectivity index is 3.85. The first kappa shape index (κ1) is 20.4. The van der Waals surface area contributed by atoms with Crippen molar-refractivity contribution >= 4 is 6.29 Å². The summed E-state index contributed by atoms with van der Waals surface area (Å²) in [5, 5.41) is 11.0. The van der Waals surface area contributed by atoms with Crippen molar-refractivity contribution in [2.45, 2.75) is 83.6 Å². The minimum absolute atomic E-state index is 0.267. The highest BCUT2D eigenvalue weighted by molar-refractivity contribution is 5.50. The van der Waals surface area contributed by atoms with Crippen LogP contribution in [0.15, 0.2) is 12.2 Å². The van der Waals surface area contributed by atoms with Gasteiger partial charge >= 0.3 is 0 Å². The third-order valence-corrected chi connectivity index (χ3v) is 3.37. The van der Waals surface area contributed by atoms with Crippen LogP contribution in [0.25, 0.3) is 0 Å². The molecule has 0 saturated carbocycles. The molecule has 0 heterocycles. The van der Waals surface area contributed by atoms with Gasteiger partial charge in [-0.05, 0) is 31.8 Å². The van der Waals surface area contributed by atoms with Crippen LogP contribution in [0.2, 0.25) is 0 Å². The lowest BCUT2D eigenvalue weighted by Gasteiger charge is -2.00. The normalized spacial score (nSPS) is 11.9. The van der Waals surface area contributed by atoms with Gasteiger partial charge in [0.15, 0.2) is 6.29 Å². The maximum Gasteiger partial charge on any atom is 0.242 e. The SMILES string of the molecule is CCCCCC#CCC(C=CCCCCCC[C]=O)[N+](=O)[O-]. The van der Waals surface area contributed by atoms with E-state index in [9.17, 15) is 14.9 Å². The van der Waals surface area contributed by atoms with Crippen molar-refractivity contribution in [3.05, 3.63) is 22.3 Å². The van der Waals surface area contributed by atoms with Gasteiger partial charge in [-0.2, -0.15) is 0 Å². The smallest absolute Gasteiger partial charge is 0.242 e. The summed E-state index contributed by atoms with van der Waals surface area (Å²) in [6.45, 7) is 2.14. The van der Waals surface area contributed by atoms with Crippen LogP contribution in [0.5, 0.6) is 0 Å². The van der Waals surface area contributed by atoms with Crippen molar-refractivity contribution in [1.29, 1.82) is 0 Å². The zero-order valence-electron chi connectivity index (χ0n) is 13.7. The first-order valence-electron chi connectivity index (χ1n) is 8.33. The van der Waals surface area contributed by atoms with Crippen LogP contribution in [0.4, 0.5) is 0 Å². The molecule has 0 aromatic rings. The maximum atomic E-state index is 11.0. The van der Waals surface area contributed by atoms with E-state index < -0.39 is 6.04 Å². The lowest BCUT2D eigenvalue weighted by atomic mass is 10.1. The second-order valence-electron chi connectivity index (χ2n) is 5.39. The molecule has 0 aliphatic rings. The molecule has 0 spiro atoms. The van der Waals surface area contributed by atoms with Gasteiger partial charge in [0.05, 0.1) is 6.42 Å². The molecule has 0 rings (SSSR count). The van der Waals surface area contributed by atoms with Crippen molar-refractivity contribution in [3.8, 4) is 11.8 Å². The molecule has 1 radical (unpaired) electrons. The van der Waals surface area contributed by atoms with E-state index in [0.717, 1.165) is 57.8 Å². The lowest BCUT2D eigenvalue weighted by Crippen LogP contribution is -2.15. The highest BCUT2D eigenvalue weighted by atomic mass is 16.6. The molecule has 0 saturated heterocycles. The van der Waals surface area contributed by atoms with Gasteiger partial charge in [0.1, 0.15) is 0 Å². The van der Waals surface area contributed by atoms with E-state index in [-0.39, 0.29) is 4.92 Å². The molecule has 1 unspecified atom stereocenters. The Morgan fingerprint density at radius 2 is 1.77 bits per heavy atom. The fourth-order valence-corrected chi connectivity index (χ4v) is 2.01. The zero-order chi connectivity index (χ0) is 16.5. The molecule has 0 N–H and O–H groups in total. The number of carbonyl (C=O) groups excluding carboxylic acids is 1. The lowest BCUT2D eigenvalue weighted by molar-refractivity contribution is -0.508. The van der Waals surface area contributed by atoms with Gasteiger partial charge < -0.3 is 0 Å². The Labute approximate surface area is 134 Å². The van der Waals surface area contributed by atoms with Crippen molar-refractivity contribution < 1.29 is 9.72 Å². The molecule has 0 bridgehead atoms. The molecule has 123 valence electrons. The van der Waals surface area contributed by atoms with E-state index in [0.29, 0.717) is 12.8 Å². The number of unbranched alkanes of at least 4 members (excludes halogenated alkanes) is 8. The molecule has 0 amide bonds. The number of nitrogens with zero attached hydrogens (tertiary/aromatic N) is 1. The molecule has 4 heteroatoms. The third kappa shape index (κ3) is 13.4. The zero-order valence-corrected chi connectivity index (χ0v) is 13.7. The summed E-state index contributed by atoms with van der Waals surface area (Å²) in [6.07, 6.45) is 15.3. The summed E-state index contributed by atoms with van der Waals surface area (Å²) < 4.78 is 0. The summed E-state index contributed by atoms with van der Waals surface area (Å²) >= 11 is 0. The monoisotopic (exact) mass is 306 g/mol. The minimum atomic E-state index is -0.691. The van der Waals surface area contributed by atoms with Crippen LogP contribution >= 0.6 is 0 Å². The van der Waals surface area contributed by atoms with E-state index in [1.165, 1.54) is 0 Å². The largest absolute Gasteiger partial charge is 0.291 e. The molecule has 0 aliphatic carbocycles. The number of nitro groups is 1. The third-order valence-electron chi connectivity index (χ3n) is 3.37. The number of allylic oxidation sites excluding steroid dienone is 1. The van der Waals surface area contributed by atoms with Crippen LogP contribution in [0.1, 0.15) is 77.6 Å². The van der Waals surface area contributed by atoms with Crippen molar-refractivity contribution in [1.82, 2.24) is 0 Å². The molecule has 0 aromatic heterocycles. The van der Waals surface area contributed by atoms with E-state index in [1.807, 2.05) is 12.4 Å². The van der Waals surface area contributed by atoms with Crippen LogP contribution in [-0.4, -0.2) is 17.3 Å². The fraction of sp³-hybridized carbons (Fsp3) is 0.722. The standard InChI is InChI=1S/C18H28NO3/c1-2-3-4-5-9-12-15-18(19(21)22)16-13-10-7-6-8-11-14-17-20/h13,16,18H,2-8,10-11,14-15H2,1H3. The molecule has 22 heavy (non-hydrogen) atoms. The molecule has 4 nitrogen and oxygen atoms in total. The second-order valence-corrected chi connectivity index (χ2v) is 5.39. The predicted molar refractivity (Wildman–Crippen MR) is 89.9 cm³/mol. The summed E-state index contributed by atoms with van der Waals surface area (Å²) in [5.74, 6) is 5.94. The molecule has 1 atom stereocenters. The first-order valence-corrected chi connectivity index (χ1v) is 8.33. The van der Waals surface area contributed by atoms with Gasteiger partial charge in [0, 0.05) is 17.8 Å². The summed E-state index contributed by atoms with van der Waals surface area (Å²) in [7, 11) is 0. The van der Waals surface area contributed by atoms with Gasteiger partial charge in [-0.3, -0.25) is 14.9 Å². The van der Waals surface area contributed by atoms with Gasteiger partial charge in [-0.25, -0.2) is 0 Å². The second kappa shape index (κ2) is 15.8. The molecule has 0 fully saturated rings. The van der Waals surface area contributed by atoms with Crippen LogP contribution in [0, 0.1) is 22.0 Å². The molecular weight excluding hydrogens is 278 g/mol. The van der Waals surface area contributed by atoms with Crippen LogP contribution < -0.4 is 0 Å². The highest BCUT2D eigenvalue weighted by Gasteiger charge is 2.13. The van der Waals surface area contributed by atoms with E-state index in [2.05, 4.69) is 18.8 Å². The molecule has 0 aromatic carbocycles. The summed E-state index contributed by atoms with van der Waals surface area (Å²) in [4.78, 5) is 20.7. The highest BCUT2D eigenvalue weighted by Crippen LogP contribution is 2.07. The quantitative estimate of drug-likeness (QED) is 0.164. The van der Waals surface area contributed by atoms with Crippen molar-refractivity contribution in [3.63, 3.8) is 0 Å². The maximum absolute atomic E-state index is 11.0. The van der Waals surface area contributed by atoms with Crippen LogP contribution in [0.3, 0.4) is 0 Å². The number of rotatable bonds is 13. The van der Waals surface area contributed by atoms with E-state index in [4.69, 9.17) is 0 Å². The van der Waals surface area contributed by atoms with Crippen LogP contribution in [-0.2, 0) is 4.79 Å². The first-order chi connectivity index (χ1) is 10.7. The fourth-order valence-electron chi connectivity index (χ4n) is 2.01. The Kier molecular flexibility index (Phi) is 14.6. The number of hydrogen-bond acceptors (Lipinski definition) is 3. The van der Waals surface area contributed by atoms with Crippen molar-refractivity contribution in [2.24, 2.45) is 0 Å². The Bertz CT molecular complexity index is 380. The molecule has 0 aliphatic heterocycles. The Hall–Kier alpha value is -1.63. The Morgan fingerprint density at radius 3 is 2.45 bits per heavy atom. The molecular formula is C18H28NO3. The number of hydrogen-bond donors (Lipinski definition) is 0. The van der Waals surface area contributed by atoms with Crippen molar-refractivity contribution in [2.75, 3.05) is 0 Å². The van der Waals surface area contributed by atoms with Gasteiger partial charge in [0.2, 0.25) is 6.04 Å².